The summed E-state index contributed by atoms with van der Waals surface area (Å²) < 4.78 is 34.6. The number of hydrogen-bond donors (Lipinski definition) is 3. The number of nitrogens with one attached hydrogen (secondary N) is 2. The molecule has 4 N–H and O–H groups in total. The van der Waals surface area contributed by atoms with E-state index in [2.05, 4.69) is 14.4 Å². The number of pyridine rings is 1. The summed E-state index contributed by atoms with van der Waals surface area (Å²) in [5.74, 6) is -0.450. The van der Waals surface area contributed by atoms with E-state index in [1.165, 1.54) is 11.3 Å². The van der Waals surface area contributed by atoms with Gasteiger partial charge in [0.15, 0.2) is 0 Å². The number of rotatable bonds is 10. The maximum absolute atomic E-state index is 12.1. The van der Waals surface area contributed by atoms with E-state index in [4.69, 9.17) is 22.1 Å². The summed E-state index contributed by atoms with van der Waals surface area (Å²) in [6.07, 6.45) is 1.73. The predicted molar refractivity (Wildman–Crippen MR) is 154 cm³/mol. The van der Waals surface area contributed by atoms with Gasteiger partial charge >= 0.3 is 5.97 Å². The highest BCUT2D eigenvalue weighted by Crippen LogP contribution is 2.38. The lowest BCUT2D eigenvalue weighted by molar-refractivity contribution is -0.146. The van der Waals surface area contributed by atoms with Gasteiger partial charge in [-0.2, -0.15) is 13.1 Å². The average Bonchev–Trinajstić information content (AvgIpc) is 3.26. The van der Waals surface area contributed by atoms with Crippen LogP contribution in [0.15, 0.2) is 48.0 Å². The molecule has 0 bridgehead atoms. The summed E-state index contributed by atoms with van der Waals surface area (Å²) >= 11 is 8.04. The Balaban J connectivity index is 0.00000481. The predicted octanol–water partition coefficient (Wildman–Crippen LogP) is 5.38. The van der Waals surface area contributed by atoms with E-state index in [1.807, 2.05) is 37.4 Å². The number of esters is 1. The molecular formula is C25H32Cl2N4O4S2. The van der Waals surface area contributed by atoms with Crippen LogP contribution in [-0.4, -0.2) is 38.1 Å². The van der Waals surface area contributed by atoms with Gasteiger partial charge in [-0.05, 0) is 73.7 Å². The summed E-state index contributed by atoms with van der Waals surface area (Å²) in [5, 5.41) is 2.46. The average molecular weight is 588 g/mol. The van der Waals surface area contributed by atoms with Crippen molar-refractivity contribution in [1.82, 2.24) is 9.71 Å². The Morgan fingerprint density at radius 2 is 1.86 bits per heavy atom. The topological polar surface area (TPSA) is 123 Å². The number of carbonyl (C=O) groups is 1. The first-order chi connectivity index (χ1) is 16.8. The standard InChI is InChI=1S/C25H31ClN4O4S2.ClH/c1-15(2)29-36(32,33)30-19-6-7-20(21(26)12-19)22-10-18(13-35-22)17-8-9-28-23(11-17)25(4,5)14-34-24(31)16(3)27;/h6-13,15-16,29-30H,14,27H2,1-5H3;1H/t16-;/m0./s1. The highest BCUT2D eigenvalue weighted by atomic mass is 35.5. The molecule has 1 aromatic carbocycles. The molecule has 0 aliphatic heterocycles. The third-order valence-electron chi connectivity index (χ3n) is 5.21. The smallest absolute Gasteiger partial charge is 0.322 e. The van der Waals surface area contributed by atoms with E-state index in [0.29, 0.717) is 10.7 Å². The van der Waals surface area contributed by atoms with Crippen LogP contribution in [0.2, 0.25) is 5.02 Å². The molecule has 1 atom stereocenters. The Hall–Kier alpha value is -2.21. The molecule has 12 heteroatoms. The molecule has 0 amide bonds. The Bertz CT molecular complexity index is 1340. The van der Waals surface area contributed by atoms with Gasteiger partial charge in [0.1, 0.15) is 12.6 Å². The molecule has 0 fully saturated rings. The van der Waals surface area contributed by atoms with Crippen molar-refractivity contribution in [3.63, 3.8) is 0 Å². The Kier molecular flexibility index (Phi) is 10.5. The maximum atomic E-state index is 12.1. The number of aromatic nitrogens is 1. The fourth-order valence-electron chi connectivity index (χ4n) is 3.34. The lowest BCUT2D eigenvalue weighted by Crippen LogP contribution is -2.35. The first-order valence-electron chi connectivity index (χ1n) is 11.3. The van der Waals surface area contributed by atoms with Crippen LogP contribution in [0.3, 0.4) is 0 Å². The van der Waals surface area contributed by atoms with Crippen LogP contribution < -0.4 is 15.2 Å². The zero-order valence-electron chi connectivity index (χ0n) is 21.2. The number of benzene rings is 1. The molecule has 202 valence electrons. The van der Waals surface area contributed by atoms with E-state index < -0.39 is 27.6 Å². The molecule has 0 saturated heterocycles. The molecule has 2 heterocycles. The maximum Gasteiger partial charge on any atom is 0.322 e. The summed E-state index contributed by atoms with van der Waals surface area (Å²) in [5.41, 5.74) is 9.00. The quantitative estimate of drug-likeness (QED) is 0.274. The lowest BCUT2D eigenvalue weighted by Gasteiger charge is -2.24. The fraction of sp³-hybridized carbons (Fsp3) is 0.360. The van der Waals surface area contributed by atoms with Gasteiger partial charge in [-0.3, -0.25) is 14.5 Å². The molecule has 3 aromatic rings. The molecule has 0 radical (unpaired) electrons. The summed E-state index contributed by atoms with van der Waals surface area (Å²) in [6.45, 7) is 9.15. The molecule has 2 aromatic heterocycles. The molecule has 37 heavy (non-hydrogen) atoms. The summed E-state index contributed by atoms with van der Waals surface area (Å²) in [7, 11) is -3.69. The van der Waals surface area contributed by atoms with Crippen molar-refractivity contribution in [3.8, 4) is 21.6 Å². The minimum Gasteiger partial charge on any atom is -0.464 e. The van der Waals surface area contributed by atoms with Gasteiger partial charge in [-0.25, -0.2) is 0 Å². The van der Waals surface area contributed by atoms with Crippen molar-refractivity contribution in [2.24, 2.45) is 5.73 Å². The van der Waals surface area contributed by atoms with Crippen LogP contribution >= 0.6 is 35.3 Å². The van der Waals surface area contributed by atoms with Gasteiger partial charge in [-0.1, -0.05) is 25.4 Å². The number of halogens is 2. The number of carbonyl (C=O) groups excluding carboxylic acids is 1. The Morgan fingerprint density at radius 1 is 1.16 bits per heavy atom. The second-order valence-electron chi connectivity index (χ2n) is 9.48. The minimum absolute atomic E-state index is 0. The molecule has 0 spiro atoms. The van der Waals surface area contributed by atoms with Gasteiger partial charge in [0.2, 0.25) is 0 Å². The van der Waals surface area contributed by atoms with Gasteiger partial charge in [0, 0.05) is 33.8 Å². The molecule has 0 aliphatic rings. The first-order valence-corrected chi connectivity index (χ1v) is 14.1. The van der Waals surface area contributed by atoms with Crippen LogP contribution in [0.5, 0.6) is 0 Å². The second-order valence-corrected chi connectivity index (χ2v) is 12.2. The van der Waals surface area contributed by atoms with Gasteiger partial charge in [-0.15, -0.1) is 23.7 Å². The number of ether oxygens (including phenoxy) is 1. The monoisotopic (exact) mass is 586 g/mol. The van der Waals surface area contributed by atoms with E-state index in [9.17, 15) is 13.2 Å². The largest absolute Gasteiger partial charge is 0.464 e. The number of nitrogens with zero attached hydrogens (tertiary/aromatic N) is 1. The van der Waals surface area contributed by atoms with E-state index in [-0.39, 0.29) is 25.1 Å². The number of thiophene rings is 1. The molecule has 3 rings (SSSR count). The van der Waals surface area contributed by atoms with Crippen LogP contribution in [-0.2, 0) is 25.2 Å². The van der Waals surface area contributed by atoms with Crippen LogP contribution in [0.4, 0.5) is 5.69 Å². The zero-order valence-corrected chi connectivity index (χ0v) is 24.4. The zero-order chi connectivity index (χ0) is 26.7. The molecule has 0 unspecified atom stereocenters. The third-order valence-corrected chi connectivity index (χ3v) is 7.77. The van der Waals surface area contributed by atoms with Crippen molar-refractivity contribution >= 4 is 57.2 Å². The van der Waals surface area contributed by atoms with Gasteiger partial charge in [0.25, 0.3) is 10.2 Å². The highest BCUT2D eigenvalue weighted by Gasteiger charge is 2.26. The number of anilines is 1. The third kappa shape index (κ3) is 8.39. The van der Waals surface area contributed by atoms with Crippen LogP contribution in [0, 0.1) is 0 Å². The van der Waals surface area contributed by atoms with E-state index in [1.54, 1.807) is 45.2 Å². The van der Waals surface area contributed by atoms with Crippen molar-refractivity contribution in [3.05, 3.63) is 58.7 Å². The first kappa shape index (κ1) is 31.0. The molecule has 8 nitrogen and oxygen atoms in total. The van der Waals surface area contributed by atoms with Crippen molar-refractivity contribution in [2.45, 2.75) is 52.1 Å². The van der Waals surface area contributed by atoms with Gasteiger partial charge in [0.05, 0.1) is 10.7 Å². The molecule has 0 saturated carbocycles. The van der Waals surface area contributed by atoms with E-state index >= 15 is 0 Å². The molecular weight excluding hydrogens is 555 g/mol. The summed E-state index contributed by atoms with van der Waals surface area (Å²) in [6, 6.07) is 10.1. The SMILES string of the molecule is CC(C)NS(=O)(=O)Nc1ccc(-c2cc(-c3ccnc(C(C)(C)COC(=O)[C@H](C)N)c3)cs2)c(Cl)c1.Cl. The summed E-state index contributed by atoms with van der Waals surface area (Å²) in [4.78, 5) is 17.2. The van der Waals surface area contributed by atoms with Crippen molar-refractivity contribution in [1.29, 1.82) is 0 Å². The highest BCUT2D eigenvalue weighted by molar-refractivity contribution is 7.90. The lowest BCUT2D eigenvalue weighted by atomic mass is 9.88. The Morgan fingerprint density at radius 3 is 2.49 bits per heavy atom. The minimum atomic E-state index is -3.69. The van der Waals surface area contributed by atoms with Gasteiger partial charge < -0.3 is 10.5 Å². The Labute approximate surface area is 233 Å². The second kappa shape index (κ2) is 12.6. The van der Waals surface area contributed by atoms with Crippen LogP contribution in [0.25, 0.3) is 21.6 Å². The normalized spacial score (nSPS) is 12.6. The van der Waals surface area contributed by atoms with Crippen LogP contribution in [0.1, 0.15) is 40.3 Å². The van der Waals surface area contributed by atoms with Crippen molar-refractivity contribution in [2.75, 3.05) is 11.3 Å². The van der Waals surface area contributed by atoms with E-state index in [0.717, 1.165) is 27.3 Å². The fourth-order valence-corrected chi connectivity index (χ4v) is 5.75. The number of hydrogen-bond acceptors (Lipinski definition) is 7. The molecule has 0 aliphatic carbocycles. The number of nitrogens with two attached hydrogens (primary N) is 1. The van der Waals surface area contributed by atoms with Crippen molar-refractivity contribution < 1.29 is 17.9 Å².